The molecule has 0 bridgehead atoms. The van der Waals surface area contributed by atoms with Crippen molar-refractivity contribution < 1.29 is 9.53 Å². The second-order valence-electron chi connectivity index (χ2n) is 14.0. The Labute approximate surface area is 272 Å². The molecule has 0 atom stereocenters. The smallest absolute Gasteiger partial charge is 0.243 e. The van der Waals surface area contributed by atoms with E-state index in [-0.39, 0.29) is 12.5 Å². The quantitative estimate of drug-likeness (QED) is 0.0710. The van der Waals surface area contributed by atoms with E-state index < -0.39 is 0 Å². The van der Waals surface area contributed by atoms with Gasteiger partial charge in [0.05, 0.1) is 6.61 Å². The zero-order valence-electron chi connectivity index (χ0n) is 29.9. The molecule has 3 nitrogen and oxygen atoms in total. The van der Waals surface area contributed by atoms with Crippen LogP contribution in [0.4, 0.5) is 0 Å². The van der Waals surface area contributed by atoms with Crippen LogP contribution >= 0.6 is 0 Å². The average Bonchev–Trinajstić information content (AvgIpc) is 3.00. The van der Waals surface area contributed by atoms with Crippen molar-refractivity contribution >= 4 is 5.91 Å². The summed E-state index contributed by atoms with van der Waals surface area (Å²) in [6.45, 7) is 5.38. The van der Waals surface area contributed by atoms with E-state index >= 15 is 0 Å². The number of amides is 1. The minimum atomic E-state index is -0.344. The number of rotatable bonds is 38. The van der Waals surface area contributed by atoms with E-state index in [2.05, 4.69) is 13.8 Å². The number of hydrogen-bond donors (Lipinski definition) is 1. The molecule has 0 saturated heterocycles. The molecule has 0 aliphatic rings. The van der Waals surface area contributed by atoms with E-state index in [1.165, 1.54) is 218 Å². The molecule has 43 heavy (non-hydrogen) atoms. The van der Waals surface area contributed by atoms with Crippen LogP contribution in [0.15, 0.2) is 0 Å². The van der Waals surface area contributed by atoms with Gasteiger partial charge in [0.2, 0.25) is 5.91 Å². The lowest BCUT2D eigenvalue weighted by atomic mass is 9.94. The fourth-order valence-electron chi connectivity index (χ4n) is 6.60. The third-order valence-electron chi connectivity index (χ3n) is 9.53. The number of carbonyl (C=O) groups excluding carboxylic acids is 1. The Morgan fingerprint density at radius 2 is 0.651 bits per heavy atom. The maximum atomic E-state index is 11.1. The molecule has 0 heterocycles. The zero-order valence-corrected chi connectivity index (χ0v) is 29.9. The number of hydrogen-bond acceptors (Lipinski definition) is 2. The number of unbranched alkanes of at least 4 members (excludes halogenated alkanes) is 30. The van der Waals surface area contributed by atoms with Crippen LogP contribution in [0, 0.1) is 5.92 Å². The Bertz CT molecular complexity index is 487. The predicted octanol–water partition coefficient (Wildman–Crippen LogP) is 13.4. The lowest BCUT2D eigenvalue weighted by molar-refractivity contribution is -0.123. The summed E-state index contributed by atoms with van der Waals surface area (Å²) in [4.78, 5) is 11.1. The molecule has 3 heteroatoms. The van der Waals surface area contributed by atoms with Crippen LogP contribution in [0.1, 0.15) is 232 Å². The minimum Gasteiger partial charge on any atom is -0.371 e. The van der Waals surface area contributed by atoms with Gasteiger partial charge in [-0.05, 0) is 18.8 Å². The van der Waals surface area contributed by atoms with Crippen LogP contribution in [-0.4, -0.2) is 19.1 Å². The number of primary amides is 1. The standard InChI is InChI=1S/C40H81NO2/c1-3-5-7-9-11-13-15-17-19-21-23-25-27-29-31-33-35-39(37-43-38-40(41)42)36-34-32-30-28-26-24-22-20-18-16-14-12-10-8-6-4-2/h39H,3-38H2,1-2H3,(H2,41,42). The third kappa shape index (κ3) is 37.5. The molecule has 0 spiro atoms. The first-order chi connectivity index (χ1) is 21.2. The van der Waals surface area contributed by atoms with E-state index in [9.17, 15) is 4.79 Å². The summed E-state index contributed by atoms with van der Waals surface area (Å²) in [6.07, 6.45) is 47.8. The highest BCUT2D eigenvalue weighted by Crippen LogP contribution is 2.21. The highest BCUT2D eigenvalue weighted by molar-refractivity contribution is 5.74. The molecule has 0 aliphatic heterocycles. The van der Waals surface area contributed by atoms with Crippen molar-refractivity contribution in [3.05, 3.63) is 0 Å². The van der Waals surface area contributed by atoms with Crippen molar-refractivity contribution in [1.29, 1.82) is 0 Å². The molecular weight excluding hydrogens is 526 g/mol. The minimum absolute atomic E-state index is 0.0778. The van der Waals surface area contributed by atoms with Gasteiger partial charge in [-0.25, -0.2) is 0 Å². The van der Waals surface area contributed by atoms with Gasteiger partial charge in [-0.2, -0.15) is 0 Å². The second-order valence-corrected chi connectivity index (χ2v) is 14.0. The second kappa shape index (κ2) is 37.6. The van der Waals surface area contributed by atoms with Crippen LogP contribution in [0.5, 0.6) is 0 Å². The molecule has 0 unspecified atom stereocenters. The molecule has 0 rings (SSSR count). The maximum Gasteiger partial charge on any atom is 0.243 e. The van der Waals surface area contributed by atoms with Crippen LogP contribution < -0.4 is 5.73 Å². The summed E-state index contributed by atoms with van der Waals surface area (Å²) in [6, 6.07) is 0. The highest BCUT2D eigenvalue weighted by Gasteiger charge is 2.10. The summed E-state index contributed by atoms with van der Waals surface area (Å²) >= 11 is 0. The molecule has 0 aliphatic carbocycles. The topological polar surface area (TPSA) is 52.3 Å². The van der Waals surface area contributed by atoms with Gasteiger partial charge < -0.3 is 10.5 Å². The largest absolute Gasteiger partial charge is 0.371 e. The molecule has 0 aromatic rings. The predicted molar refractivity (Wildman–Crippen MR) is 192 cm³/mol. The molecule has 2 N–H and O–H groups in total. The van der Waals surface area contributed by atoms with E-state index in [1.807, 2.05) is 0 Å². The average molecular weight is 608 g/mol. The van der Waals surface area contributed by atoms with E-state index in [1.54, 1.807) is 0 Å². The van der Waals surface area contributed by atoms with Crippen molar-refractivity contribution in [3.8, 4) is 0 Å². The van der Waals surface area contributed by atoms with Gasteiger partial charge >= 0.3 is 0 Å². The van der Waals surface area contributed by atoms with Crippen LogP contribution in [0.2, 0.25) is 0 Å². The molecule has 0 fully saturated rings. The third-order valence-corrected chi connectivity index (χ3v) is 9.53. The van der Waals surface area contributed by atoms with Gasteiger partial charge in [0.25, 0.3) is 0 Å². The molecule has 0 aromatic heterocycles. The Kier molecular flexibility index (Phi) is 37.1. The molecule has 1 amide bonds. The lowest BCUT2D eigenvalue weighted by Crippen LogP contribution is -2.21. The van der Waals surface area contributed by atoms with Gasteiger partial charge in [0, 0.05) is 0 Å². The van der Waals surface area contributed by atoms with Gasteiger partial charge in [-0.15, -0.1) is 0 Å². The fraction of sp³-hybridized carbons (Fsp3) is 0.975. The Hall–Kier alpha value is -0.570. The van der Waals surface area contributed by atoms with Crippen molar-refractivity contribution in [1.82, 2.24) is 0 Å². The first kappa shape index (κ1) is 42.4. The van der Waals surface area contributed by atoms with Crippen molar-refractivity contribution in [2.24, 2.45) is 11.7 Å². The maximum absolute atomic E-state index is 11.1. The molecule has 0 radical (unpaired) electrons. The molecular formula is C40H81NO2. The van der Waals surface area contributed by atoms with E-state index in [4.69, 9.17) is 10.5 Å². The Balaban J connectivity index is 3.61. The SMILES string of the molecule is CCCCCCCCCCCCCCCCCCC(CCCCCCCCCCCCCCCCCC)COCC(N)=O. The van der Waals surface area contributed by atoms with Gasteiger partial charge in [-0.1, -0.05) is 219 Å². The molecule has 0 saturated carbocycles. The van der Waals surface area contributed by atoms with Crippen LogP contribution in [0.25, 0.3) is 0 Å². The zero-order chi connectivity index (χ0) is 31.3. The van der Waals surface area contributed by atoms with Crippen LogP contribution in [-0.2, 0) is 9.53 Å². The first-order valence-electron chi connectivity index (χ1n) is 20.1. The summed E-state index contributed by atoms with van der Waals surface area (Å²) in [5.74, 6) is 0.251. The fourth-order valence-corrected chi connectivity index (χ4v) is 6.60. The summed E-state index contributed by atoms with van der Waals surface area (Å²) < 4.78 is 5.64. The van der Waals surface area contributed by atoms with E-state index in [0.29, 0.717) is 12.5 Å². The summed E-state index contributed by atoms with van der Waals surface area (Å²) in [7, 11) is 0. The molecule has 0 aromatic carbocycles. The lowest BCUT2D eigenvalue weighted by Gasteiger charge is -2.17. The number of nitrogens with two attached hydrogens (primary N) is 1. The Morgan fingerprint density at radius 3 is 0.884 bits per heavy atom. The molecule has 258 valence electrons. The van der Waals surface area contributed by atoms with Crippen molar-refractivity contribution in [2.75, 3.05) is 13.2 Å². The van der Waals surface area contributed by atoms with E-state index in [0.717, 1.165) is 0 Å². The summed E-state index contributed by atoms with van der Waals surface area (Å²) in [5.41, 5.74) is 5.30. The van der Waals surface area contributed by atoms with Gasteiger partial charge in [0.15, 0.2) is 0 Å². The normalized spacial score (nSPS) is 11.6. The number of ether oxygens (including phenoxy) is 1. The first-order valence-corrected chi connectivity index (χ1v) is 20.1. The van der Waals surface area contributed by atoms with Crippen LogP contribution in [0.3, 0.4) is 0 Å². The summed E-state index contributed by atoms with van der Waals surface area (Å²) in [5, 5.41) is 0. The van der Waals surface area contributed by atoms with Gasteiger partial charge in [-0.3, -0.25) is 4.79 Å². The number of carbonyl (C=O) groups is 1. The van der Waals surface area contributed by atoms with Crippen molar-refractivity contribution in [2.45, 2.75) is 232 Å². The monoisotopic (exact) mass is 608 g/mol. The Morgan fingerprint density at radius 1 is 0.419 bits per heavy atom. The van der Waals surface area contributed by atoms with Gasteiger partial charge in [0.1, 0.15) is 6.61 Å². The van der Waals surface area contributed by atoms with Crippen molar-refractivity contribution in [3.63, 3.8) is 0 Å². The highest BCUT2D eigenvalue weighted by atomic mass is 16.5.